The van der Waals surface area contributed by atoms with E-state index in [1.54, 1.807) is 18.3 Å². The van der Waals surface area contributed by atoms with Crippen molar-refractivity contribution in [2.75, 3.05) is 26.6 Å². The zero-order valence-electron chi connectivity index (χ0n) is 22.8. The largest absolute Gasteiger partial charge is 0.508 e. The summed E-state index contributed by atoms with van der Waals surface area (Å²) in [5.74, 6) is -0.608. The molecule has 3 aromatic rings. The average molecular weight is 681 g/mol. The lowest BCUT2D eigenvalue weighted by atomic mass is 10.2. The van der Waals surface area contributed by atoms with Crippen LogP contribution in [0.15, 0.2) is 48.3 Å². The first-order chi connectivity index (χ1) is 20.7. The number of nitrogen functional groups attached to an aromatic ring is 1. The minimum atomic E-state index is -5.32. The molecule has 0 saturated carbocycles. The Balaban J connectivity index is 1.46. The number of nitro benzene ring substituents is 1. The maximum absolute atomic E-state index is 12.4. The summed E-state index contributed by atoms with van der Waals surface area (Å²) in [6, 6.07) is 6.09. The van der Waals surface area contributed by atoms with E-state index >= 15 is 0 Å². The number of para-hydroxylation sites is 1. The fourth-order valence-corrected chi connectivity index (χ4v) is 7.63. The Morgan fingerprint density at radius 3 is 2.43 bits per heavy atom. The molecule has 44 heavy (non-hydrogen) atoms. The quantitative estimate of drug-likeness (QED) is 0.100. The number of aromatic nitrogens is 3. The highest BCUT2D eigenvalue weighted by Gasteiger charge is 2.44. The smallest absolute Gasteiger partial charge is 0.492 e. The lowest BCUT2D eigenvalue weighted by Gasteiger charge is -2.20. The van der Waals surface area contributed by atoms with Crippen LogP contribution in [-0.2, 0) is 58.6 Å². The van der Waals surface area contributed by atoms with Crippen molar-refractivity contribution in [3.63, 3.8) is 0 Å². The van der Waals surface area contributed by atoms with Gasteiger partial charge in [-0.3, -0.25) is 28.3 Å². The van der Waals surface area contributed by atoms with Gasteiger partial charge in [0, 0.05) is 32.0 Å². The highest BCUT2D eigenvalue weighted by Crippen LogP contribution is 2.69. The van der Waals surface area contributed by atoms with E-state index in [-0.39, 0.29) is 42.5 Å². The van der Waals surface area contributed by atoms with Crippen LogP contribution in [0.3, 0.4) is 0 Å². The summed E-state index contributed by atoms with van der Waals surface area (Å²) in [6.45, 7) is -1.04. The first-order valence-electron chi connectivity index (χ1n) is 12.1. The van der Waals surface area contributed by atoms with Crippen LogP contribution in [0.5, 0.6) is 0 Å². The number of fused-ring (bicyclic) bond motifs is 1. The number of phosphoric ester groups is 2. The van der Waals surface area contributed by atoms with Crippen LogP contribution >= 0.6 is 23.5 Å². The lowest BCUT2D eigenvalue weighted by molar-refractivity contribution is -0.386. The Bertz CT molecular complexity index is 1730. The number of nitrogens with zero attached hydrogens (tertiary/aromatic N) is 4. The molecule has 1 aliphatic rings. The summed E-state index contributed by atoms with van der Waals surface area (Å²) in [6.07, 6.45) is 1.62. The highest BCUT2D eigenvalue weighted by molar-refractivity contribution is 7.67. The van der Waals surface area contributed by atoms with Crippen LogP contribution in [-0.4, -0.2) is 55.2 Å². The van der Waals surface area contributed by atoms with Gasteiger partial charge in [0.15, 0.2) is 12.0 Å². The van der Waals surface area contributed by atoms with E-state index in [1.807, 2.05) is 0 Å². The van der Waals surface area contributed by atoms with Gasteiger partial charge in [0.05, 0.1) is 35.5 Å². The summed E-state index contributed by atoms with van der Waals surface area (Å²) in [7, 11) is -14.0. The SMILES string of the molecule is COP(=O)(O)OP(=O)(OC)OP(=O)(O)OCC1=C(O)C[C@H](n2cc(COCc3ccccc3[N+](=O)[O-])c3c(N)ncnc32)O1. The van der Waals surface area contributed by atoms with Crippen LogP contribution in [0.1, 0.15) is 23.8 Å². The molecular weight excluding hydrogens is 655 g/mol. The number of rotatable bonds is 15. The Hall–Kier alpha value is -3.25. The average Bonchev–Trinajstić information content (AvgIpc) is 3.52. The number of nitrogens with two attached hydrogens (primary N) is 1. The second-order valence-corrected chi connectivity index (χ2v) is 13.8. The first-order valence-corrected chi connectivity index (χ1v) is 16.5. The monoisotopic (exact) mass is 681 g/mol. The number of anilines is 1. The molecule has 0 fully saturated rings. The molecule has 4 rings (SSSR count). The number of hydrogen-bond acceptors (Lipinski definition) is 16. The number of aliphatic hydroxyl groups is 1. The van der Waals surface area contributed by atoms with Gasteiger partial charge in [0.2, 0.25) is 0 Å². The van der Waals surface area contributed by atoms with Crippen LogP contribution in [0.4, 0.5) is 11.5 Å². The van der Waals surface area contributed by atoms with Crippen LogP contribution < -0.4 is 5.73 Å². The Kier molecular flexibility index (Phi) is 10.2. The van der Waals surface area contributed by atoms with E-state index < -0.39 is 47.0 Å². The van der Waals surface area contributed by atoms with Crippen molar-refractivity contribution in [2.24, 2.45) is 0 Å². The minimum Gasteiger partial charge on any atom is -0.508 e. The van der Waals surface area contributed by atoms with Gasteiger partial charge in [0.1, 0.15) is 30.2 Å². The summed E-state index contributed by atoms with van der Waals surface area (Å²) >= 11 is 0. The van der Waals surface area contributed by atoms with Crippen molar-refractivity contribution < 1.29 is 65.2 Å². The van der Waals surface area contributed by atoms with Gasteiger partial charge in [-0.1, -0.05) is 12.1 Å². The van der Waals surface area contributed by atoms with Crippen molar-refractivity contribution in [3.05, 3.63) is 69.5 Å². The van der Waals surface area contributed by atoms with E-state index in [0.717, 1.165) is 7.11 Å². The van der Waals surface area contributed by atoms with Gasteiger partial charge >= 0.3 is 23.5 Å². The van der Waals surface area contributed by atoms with Crippen molar-refractivity contribution in [1.82, 2.24) is 14.5 Å². The summed E-state index contributed by atoms with van der Waals surface area (Å²) in [4.78, 5) is 38.3. The van der Waals surface area contributed by atoms with Gasteiger partial charge in [-0.25, -0.2) is 23.7 Å². The predicted octanol–water partition coefficient (Wildman–Crippen LogP) is 3.98. The predicted molar refractivity (Wildman–Crippen MR) is 147 cm³/mol. The van der Waals surface area contributed by atoms with Gasteiger partial charge < -0.3 is 30.1 Å². The molecule has 1 aliphatic heterocycles. The third-order valence-electron chi connectivity index (χ3n) is 5.92. The number of hydrogen-bond donors (Lipinski definition) is 4. The molecule has 0 aliphatic carbocycles. The number of phosphoric acid groups is 3. The van der Waals surface area contributed by atoms with Gasteiger partial charge in [-0.2, -0.15) is 8.62 Å². The van der Waals surface area contributed by atoms with Crippen molar-refractivity contribution >= 4 is 46.0 Å². The maximum atomic E-state index is 12.4. The molecule has 0 amide bonds. The molecule has 240 valence electrons. The number of nitro groups is 1. The van der Waals surface area contributed by atoms with Crippen LogP contribution in [0.2, 0.25) is 0 Å². The molecule has 1 aromatic carbocycles. The van der Waals surface area contributed by atoms with Gasteiger partial charge in [0.25, 0.3) is 5.69 Å². The van der Waals surface area contributed by atoms with E-state index in [2.05, 4.69) is 27.6 Å². The Morgan fingerprint density at radius 2 is 1.75 bits per heavy atom. The molecule has 3 heterocycles. The second kappa shape index (κ2) is 13.4. The van der Waals surface area contributed by atoms with Gasteiger partial charge in [-0.15, -0.1) is 0 Å². The fourth-order valence-electron chi connectivity index (χ4n) is 3.95. The van der Waals surface area contributed by atoms with E-state index in [0.29, 0.717) is 23.6 Å². The Labute approximate surface area is 247 Å². The fraction of sp³-hybridized carbons (Fsp3) is 0.333. The van der Waals surface area contributed by atoms with Crippen LogP contribution in [0, 0.1) is 10.1 Å². The molecule has 0 spiro atoms. The third-order valence-corrected chi connectivity index (χ3v) is 10.5. The third kappa shape index (κ3) is 7.87. The standard InChI is InChI=1S/C21H26N5O15P3/c1-35-42(30,31)40-44(34,36-2)41-43(32,33)38-11-17-16(27)7-18(39-17)25-8-14(19-20(22)23-12-24-21(19)25)10-37-9-13-5-3-4-6-15(13)26(28)29/h3-6,8,12,18,27H,7,9-11H2,1-2H3,(H,30,31)(H,32,33)(H2,22,23,24)/t18-,44?/m1/s1. The topological polar surface area (TPSA) is 276 Å². The van der Waals surface area contributed by atoms with E-state index in [9.17, 15) is 38.7 Å². The van der Waals surface area contributed by atoms with Gasteiger partial charge in [-0.05, 0) is 6.07 Å². The number of ether oxygens (including phenoxy) is 2. The minimum absolute atomic E-state index is 0.0638. The van der Waals surface area contributed by atoms with Crippen molar-refractivity contribution in [2.45, 2.75) is 25.9 Å². The molecule has 20 nitrogen and oxygen atoms in total. The molecule has 5 N–H and O–H groups in total. The highest BCUT2D eigenvalue weighted by atomic mass is 31.3. The Morgan fingerprint density at radius 1 is 1.07 bits per heavy atom. The molecule has 4 atom stereocenters. The lowest BCUT2D eigenvalue weighted by Crippen LogP contribution is -2.09. The van der Waals surface area contributed by atoms with E-state index in [1.165, 1.54) is 23.0 Å². The number of aliphatic hydroxyl groups excluding tert-OH is 1. The molecule has 0 radical (unpaired) electrons. The second-order valence-electron chi connectivity index (χ2n) is 8.73. The van der Waals surface area contributed by atoms with Crippen LogP contribution in [0.25, 0.3) is 11.0 Å². The summed E-state index contributed by atoms with van der Waals surface area (Å²) in [5.41, 5.74) is 7.11. The summed E-state index contributed by atoms with van der Waals surface area (Å²) < 4.78 is 70.9. The normalized spacial score (nSPS) is 19.3. The molecule has 0 bridgehead atoms. The van der Waals surface area contributed by atoms with Crippen molar-refractivity contribution in [1.29, 1.82) is 0 Å². The summed E-state index contributed by atoms with van der Waals surface area (Å²) in [5, 5.41) is 22.2. The molecule has 0 saturated heterocycles. The zero-order valence-corrected chi connectivity index (χ0v) is 25.5. The molecular formula is C21H26N5O15P3. The maximum Gasteiger partial charge on any atom is 0.492 e. The first kappa shape index (κ1) is 33.6. The van der Waals surface area contributed by atoms with Crippen molar-refractivity contribution in [3.8, 4) is 0 Å². The molecule has 3 unspecified atom stereocenters. The van der Waals surface area contributed by atoms with E-state index in [4.69, 9.17) is 19.7 Å². The molecule has 2 aromatic heterocycles. The number of benzene rings is 1. The molecule has 23 heteroatoms. The zero-order chi connectivity index (χ0) is 32.3.